The van der Waals surface area contributed by atoms with Gasteiger partial charge in [-0.2, -0.15) is 0 Å². The number of ether oxygens (including phenoxy) is 3. The zero-order chi connectivity index (χ0) is 38.4. The first kappa shape index (κ1) is 40.6. The summed E-state index contributed by atoms with van der Waals surface area (Å²) in [6.07, 6.45) is 2.79. The molecule has 5 rings (SSSR count). The van der Waals surface area contributed by atoms with Crippen molar-refractivity contribution in [2.45, 2.75) is 80.3 Å². The lowest BCUT2D eigenvalue weighted by Gasteiger charge is -2.39. The highest BCUT2D eigenvalue weighted by atomic mass is 79.9. The van der Waals surface area contributed by atoms with Crippen molar-refractivity contribution in [1.29, 1.82) is 0 Å². The predicted molar refractivity (Wildman–Crippen MR) is 205 cm³/mol. The van der Waals surface area contributed by atoms with Gasteiger partial charge in [-0.05, 0) is 55.0 Å². The monoisotopic (exact) mass is 813 g/mol. The van der Waals surface area contributed by atoms with Gasteiger partial charge >= 0.3 is 5.97 Å². The Kier molecular flexibility index (Phi) is 13.6. The maximum Gasteiger partial charge on any atom is 0.313 e. The van der Waals surface area contributed by atoms with Gasteiger partial charge in [-0.25, -0.2) is 0 Å². The Labute approximate surface area is 324 Å². The van der Waals surface area contributed by atoms with Crippen LogP contribution in [0.3, 0.4) is 0 Å². The normalized spacial score (nSPS) is 26.1. The van der Waals surface area contributed by atoms with E-state index >= 15 is 0 Å². The quantitative estimate of drug-likeness (QED) is 0.116. The molecule has 53 heavy (non-hydrogen) atoms. The van der Waals surface area contributed by atoms with Gasteiger partial charge in [-0.15, -0.1) is 13.2 Å². The first-order valence-corrected chi connectivity index (χ1v) is 19.3. The van der Waals surface area contributed by atoms with Crippen molar-refractivity contribution in [3.63, 3.8) is 0 Å². The number of benzene rings is 2. The molecule has 1 spiro atoms. The first-order valence-electron chi connectivity index (χ1n) is 18.0. The van der Waals surface area contributed by atoms with Crippen molar-refractivity contribution in [3.8, 4) is 0 Å². The number of nitrogens with zero attached hydrogens (tertiary/aromatic N) is 2. The van der Waals surface area contributed by atoms with Crippen molar-refractivity contribution in [3.05, 3.63) is 90.5 Å². The number of anilines is 1. The summed E-state index contributed by atoms with van der Waals surface area (Å²) in [5, 5.41) is 14.2. The van der Waals surface area contributed by atoms with Crippen LogP contribution in [0.5, 0.6) is 0 Å². The van der Waals surface area contributed by atoms with Crippen molar-refractivity contribution >= 4 is 56.9 Å². The number of alkyl halides is 1. The summed E-state index contributed by atoms with van der Waals surface area (Å²) < 4.78 is 18.6. The number of aliphatic hydroxyl groups excluding tert-OH is 1. The van der Waals surface area contributed by atoms with Gasteiger partial charge in [0, 0.05) is 35.6 Å². The van der Waals surface area contributed by atoms with E-state index in [1.165, 1.54) is 16.9 Å². The van der Waals surface area contributed by atoms with Crippen LogP contribution in [0, 0.1) is 17.8 Å². The van der Waals surface area contributed by atoms with E-state index in [2.05, 4.69) is 34.4 Å². The summed E-state index contributed by atoms with van der Waals surface area (Å²) >= 11 is 9.92. The summed E-state index contributed by atoms with van der Waals surface area (Å²) in [5.41, 5.74) is -0.256. The average Bonchev–Trinajstić information content (AvgIpc) is 3.74. The minimum Gasteiger partial charge on any atom is -0.455 e. The fourth-order valence-electron chi connectivity index (χ4n) is 8.18. The van der Waals surface area contributed by atoms with Crippen LogP contribution in [0.15, 0.2) is 79.9 Å². The van der Waals surface area contributed by atoms with Gasteiger partial charge < -0.3 is 34.4 Å². The lowest BCUT2D eigenvalue weighted by atomic mass is 9.70. The smallest absolute Gasteiger partial charge is 0.313 e. The molecule has 3 aliphatic heterocycles. The molecule has 3 aliphatic rings. The highest BCUT2D eigenvalue weighted by Gasteiger charge is 2.77. The first-order chi connectivity index (χ1) is 25.4. The molecule has 0 saturated carbocycles. The molecule has 2 N–H and O–H groups in total. The van der Waals surface area contributed by atoms with Crippen molar-refractivity contribution in [2.24, 2.45) is 17.8 Å². The summed E-state index contributed by atoms with van der Waals surface area (Å²) in [4.78, 5) is 60.1. The molecule has 2 aromatic carbocycles. The topological polar surface area (TPSA) is 135 Å². The Balaban J connectivity index is 1.56. The zero-order valence-electron chi connectivity index (χ0n) is 30.4. The Morgan fingerprint density at radius 2 is 1.85 bits per heavy atom. The van der Waals surface area contributed by atoms with Crippen LogP contribution in [0.25, 0.3) is 0 Å². The third-order valence-corrected chi connectivity index (χ3v) is 11.4. The molecule has 13 heteroatoms. The molecule has 0 radical (unpaired) electrons. The van der Waals surface area contributed by atoms with Crippen molar-refractivity contribution < 1.29 is 38.5 Å². The number of hydrogen-bond acceptors (Lipinski definition) is 8. The highest BCUT2D eigenvalue weighted by molar-refractivity contribution is 9.09. The number of likely N-dealkylation sites (tertiary alicyclic amines) is 1. The van der Waals surface area contributed by atoms with Crippen LogP contribution in [0.4, 0.5) is 5.69 Å². The lowest BCUT2D eigenvalue weighted by molar-refractivity contribution is -0.163. The van der Waals surface area contributed by atoms with E-state index in [1.54, 1.807) is 60.7 Å². The minimum absolute atomic E-state index is 0.0339. The van der Waals surface area contributed by atoms with Gasteiger partial charge in [0.25, 0.3) is 5.91 Å². The number of hydrogen-bond donors (Lipinski definition) is 2. The number of rotatable bonds is 18. The number of carbonyl (C=O) groups excluding carboxylic acids is 4. The van der Waals surface area contributed by atoms with Crippen LogP contribution < -0.4 is 10.2 Å². The number of halogens is 2. The molecular formula is C40H49BrClN3O8. The van der Waals surface area contributed by atoms with Crippen molar-refractivity contribution in [1.82, 2.24) is 10.2 Å². The van der Waals surface area contributed by atoms with E-state index in [0.717, 1.165) is 0 Å². The van der Waals surface area contributed by atoms with E-state index in [1.807, 2.05) is 19.9 Å². The maximum absolute atomic E-state index is 15.0. The second-order valence-electron chi connectivity index (χ2n) is 14.3. The van der Waals surface area contributed by atoms with Crippen LogP contribution >= 0.6 is 27.5 Å². The molecule has 3 amide bonds. The van der Waals surface area contributed by atoms with Crippen LogP contribution in [-0.2, 0) is 33.4 Å². The molecule has 0 aromatic heterocycles. The van der Waals surface area contributed by atoms with E-state index in [0.29, 0.717) is 29.1 Å². The van der Waals surface area contributed by atoms with E-state index in [9.17, 15) is 24.3 Å². The molecule has 2 aromatic rings. The second-order valence-corrected chi connectivity index (χ2v) is 15.9. The molecule has 3 fully saturated rings. The Hall–Kier alpha value is -3.55. The standard InChI is InChI=1S/C40H49BrClN3O8/c1-6-8-14-31(47)43-30(23-51-5)34(25-12-10-9-11-13-25)52-39(50)32-33-37(48)45(28(22-46)20-24(3)4)36(40(33)21-29(41)35(32)53-40)38(49)44(19-7-2)27-17-15-26(42)16-18-27/h6-7,9-13,15-18,24,28-30,32-36,46H,1-2,8,14,19-23H2,3-5H3,(H,43,47)/t28-,29?,30-,32+,33-,34-,35+,36+,40-/m1/s1. The molecule has 1 unspecified atom stereocenters. The van der Waals surface area contributed by atoms with Gasteiger partial charge in [0.1, 0.15) is 17.7 Å². The number of aliphatic hydroxyl groups is 1. The largest absolute Gasteiger partial charge is 0.455 e. The number of methoxy groups -OCH3 is 1. The maximum atomic E-state index is 15.0. The molecule has 0 aliphatic carbocycles. The van der Waals surface area contributed by atoms with Gasteiger partial charge in [0.2, 0.25) is 11.8 Å². The van der Waals surface area contributed by atoms with E-state index in [4.69, 9.17) is 25.8 Å². The highest BCUT2D eigenvalue weighted by Crippen LogP contribution is 2.61. The molecule has 286 valence electrons. The number of carbonyl (C=O) groups is 4. The fraction of sp³-hybridized carbons (Fsp3) is 0.500. The lowest BCUT2D eigenvalue weighted by Crippen LogP contribution is -2.59. The van der Waals surface area contributed by atoms with Gasteiger partial charge in [0.15, 0.2) is 0 Å². The third-order valence-electron chi connectivity index (χ3n) is 10.3. The molecule has 11 nitrogen and oxygen atoms in total. The number of allylic oxidation sites excluding steroid dienone is 1. The molecular weight excluding hydrogens is 766 g/mol. The summed E-state index contributed by atoms with van der Waals surface area (Å²) in [5.74, 6) is -3.96. The van der Waals surface area contributed by atoms with Gasteiger partial charge in [0.05, 0.1) is 43.2 Å². The number of esters is 1. The van der Waals surface area contributed by atoms with E-state index < -0.39 is 77.0 Å². The molecule has 2 bridgehead atoms. The van der Waals surface area contributed by atoms with Gasteiger partial charge in [-0.3, -0.25) is 19.2 Å². The second kappa shape index (κ2) is 17.7. The average molecular weight is 815 g/mol. The summed E-state index contributed by atoms with van der Waals surface area (Å²) in [6.45, 7) is 11.3. The van der Waals surface area contributed by atoms with Gasteiger partial charge in [-0.1, -0.05) is 83.9 Å². The third kappa shape index (κ3) is 8.27. The Morgan fingerprint density at radius 1 is 1.15 bits per heavy atom. The molecule has 9 atom stereocenters. The predicted octanol–water partition coefficient (Wildman–Crippen LogP) is 5.40. The van der Waals surface area contributed by atoms with Crippen LogP contribution in [0.1, 0.15) is 51.2 Å². The van der Waals surface area contributed by atoms with Crippen LogP contribution in [0.2, 0.25) is 5.02 Å². The fourth-order valence-corrected chi connectivity index (χ4v) is 9.24. The molecule has 3 saturated heterocycles. The SMILES string of the molecule is C=CCCC(=O)N[C@H](COC)[C@H](OC(=O)[C@@H]1[C@H]2O[C@@]3(CC2Br)[C@H](C(=O)N(CC=C)c2ccc(Cl)cc2)N([C@@H](CO)CC(C)C)C(=O)[C@@H]13)c1ccccc1. The Morgan fingerprint density at radius 3 is 2.45 bits per heavy atom. The number of fused-ring (bicyclic) bond motifs is 1. The number of amides is 3. The summed E-state index contributed by atoms with van der Waals surface area (Å²) in [6, 6.07) is 13.1. The van der Waals surface area contributed by atoms with E-state index in [-0.39, 0.29) is 37.8 Å². The number of nitrogens with one attached hydrogen (secondary N) is 1. The van der Waals surface area contributed by atoms with Crippen molar-refractivity contribution in [2.75, 3.05) is 31.8 Å². The zero-order valence-corrected chi connectivity index (χ0v) is 32.7. The van der Waals surface area contributed by atoms with Crippen LogP contribution in [-0.4, -0.2) is 95.2 Å². The minimum atomic E-state index is -1.42. The Bertz CT molecular complexity index is 1640. The molecule has 3 heterocycles. The summed E-state index contributed by atoms with van der Waals surface area (Å²) in [7, 11) is 1.49.